The van der Waals surface area contributed by atoms with E-state index in [9.17, 15) is 18.0 Å². The number of aliphatic imine (C=N–C) groups is 1. The molecule has 0 saturated heterocycles. The molecule has 34 heavy (non-hydrogen) atoms. The van der Waals surface area contributed by atoms with E-state index in [2.05, 4.69) is 15.0 Å². The highest BCUT2D eigenvalue weighted by molar-refractivity contribution is 7.90. The van der Waals surface area contributed by atoms with Gasteiger partial charge in [0.25, 0.3) is 15.9 Å². The number of hydrogen-bond donors (Lipinski definition) is 2. The van der Waals surface area contributed by atoms with Gasteiger partial charge >= 0.3 is 5.97 Å². The minimum atomic E-state index is -3.58. The lowest BCUT2D eigenvalue weighted by Crippen LogP contribution is -2.30. The zero-order valence-corrected chi connectivity index (χ0v) is 19.2. The lowest BCUT2D eigenvalue weighted by atomic mass is 10.1. The van der Waals surface area contributed by atoms with Crippen molar-refractivity contribution in [3.8, 4) is 11.5 Å². The largest absolute Gasteiger partial charge is 0.486 e. The summed E-state index contributed by atoms with van der Waals surface area (Å²) in [5.74, 6) is 0.773. The van der Waals surface area contributed by atoms with Crippen LogP contribution in [0.5, 0.6) is 11.5 Å². The van der Waals surface area contributed by atoms with Gasteiger partial charge in [0, 0.05) is 25.1 Å². The number of amides is 1. The van der Waals surface area contributed by atoms with E-state index in [1.54, 1.807) is 18.2 Å². The number of esters is 1. The van der Waals surface area contributed by atoms with Crippen molar-refractivity contribution in [2.45, 2.75) is 24.2 Å². The number of hydrogen-bond acceptors (Lipinski definition) is 8. The average Bonchev–Trinajstić information content (AvgIpc) is 3.10. The van der Waals surface area contributed by atoms with E-state index in [0.717, 1.165) is 5.56 Å². The minimum Gasteiger partial charge on any atom is -0.486 e. The summed E-state index contributed by atoms with van der Waals surface area (Å²) >= 11 is 0. The maximum Gasteiger partial charge on any atom is 0.306 e. The van der Waals surface area contributed by atoms with E-state index in [1.165, 1.54) is 6.07 Å². The molecule has 0 aromatic heterocycles. The zero-order chi connectivity index (χ0) is 24.0. The molecule has 2 N–H and O–H groups in total. The third-order valence-corrected chi connectivity index (χ3v) is 6.58. The molecule has 180 valence electrons. The molecule has 0 unspecified atom stereocenters. The monoisotopic (exact) mass is 487 g/mol. The van der Waals surface area contributed by atoms with Crippen LogP contribution in [-0.2, 0) is 30.8 Å². The van der Waals surface area contributed by atoms with Gasteiger partial charge in [-0.2, -0.15) is 0 Å². The second-order valence-corrected chi connectivity index (χ2v) is 9.33. The normalized spacial score (nSPS) is 16.4. The van der Waals surface area contributed by atoms with Crippen molar-refractivity contribution < 1.29 is 32.2 Å². The van der Waals surface area contributed by atoms with Gasteiger partial charge < -0.3 is 19.5 Å². The van der Waals surface area contributed by atoms with E-state index in [0.29, 0.717) is 49.7 Å². The van der Waals surface area contributed by atoms with Crippen molar-refractivity contribution >= 4 is 27.7 Å². The number of ether oxygens (including phenoxy) is 3. The molecule has 0 atom stereocenters. The Balaban J connectivity index is 1.12. The van der Waals surface area contributed by atoms with Crippen LogP contribution in [0.25, 0.3) is 0 Å². The topological polar surface area (TPSA) is 132 Å². The minimum absolute atomic E-state index is 0.0651. The number of carbonyl (C=O) groups is 2. The third kappa shape index (κ3) is 5.84. The van der Waals surface area contributed by atoms with E-state index < -0.39 is 16.0 Å². The molecule has 2 aromatic rings. The van der Waals surface area contributed by atoms with Crippen LogP contribution in [0.15, 0.2) is 52.4 Å². The Morgan fingerprint density at radius 2 is 1.88 bits per heavy atom. The zero-order valence-electron chi connectivity index (χ0n) is 18.4. The highest BCUT2D eigenvalue weighted by Crippen LogP contribution is 2.30. The summed E-state index contributed by atoms with van der Waals surface area (Å²) in [4.78, 5) is 28.3. The Hall–Kier alpha value is -3.60. The van der Waals surface area contributed by atoms with Crippen LogP contribution in [0.4, 0.5) is 0 Å². The maximum absolute atomic E-state index is 12.1. The number of carbonyl (C=O) groups excluding carboxylic acids is 2. The predicted octanol–water partition coefficient (Wildman–Crippen LogP) is 1.18. The number of amidine groups is 1. The molecule has 4 rings (SSSR count). The van der Waals surface area contributed by atoms with E-state index in [4.69, 9.17) is 14.2 Å². The highest BCUT2D eigenvalue weighted by atomic mass is 32.2. The first kappa shape index (κ1) is 23.6. The van der Waals surface area contributed by atoms with Crippen LogP contribution in [0, 0.1) is 0 Å². The van der Waals surface area contributed by atoms with Gasteiger partial charge in [0.2, 0.25) is 0 Å². The fourth-order valence-corrected chi connectivity index (χ4v) is 4.78. The molecule has 0 aliphatic carbocycles. The van der Waals surface area contributed by atoms with Gasteiger partial charge in [0.05, 0.1) is 4.90 Å². The first-order chi connectivity index (χ1) is 16.4. The summed E-state index contributed by atoms with van der Waals surface area (Å²) < 4.78 is 42.5. The second-order valence-electron chi connectivity index (χ2n) is 7.67. The van der Waals surface area contributed by atoms with Gasteiger partial charge in [-0.3, -0.25) is 19.3 Å². The molecule has 0 fully saturated rings. The summed E-state index contributed by atoms with van der Waals surface area (Å²) in [7, 11) is -3.58. The van der Waals surface area contributed by atoms with Gasteiger partial charge in [0.15, 0.2) is 18.1 Å². The standard InChI is InChI=1S/C23H25N3O7S/c27-21(24-11-9-16-7-8-18-19(14-16)32-13-12-31-18)15-33-22(28)6-3-10-25-23-17-4-1-2-5-20(17)34(29,30)26-23/h1-2,4-5,7-8,14H,3,6,9-13,15H2,(H,24,27)(H,25,26). The van der Waals surface area contributed by atoms with Crippen molar-refractivity contribution in [3.05, 3.63) is 53.6 Å². The number of nitrogens with zero attached hydrogens (tertiary/aromatic N) is 1. The van der Waals surface area contributed by atoms with Crippen molar-refractivity contribution in [1.82, 2.24) is 10.0 Å². The fraction of sp³-hybridized carbons (Fsp3) is 0.348. The van der Waals surface area contributed by atoms with Crippen LogP contribution < -0.4 is 19.5 Å². The summed E-state index contributed by atoms with van der Waals surface area (Å²) in [5.41, 5.74) is 1.51. The number of nitrogens with one attached hydrogen (secondary N) is 2. The van der Waals surface area contributed by atoms with Gasteiger partial charge in [-0.15, -0.1) is 0 Å². The third-order valence-electron chi connectivity index (χ3n) is 5.18. The van der Waals surface area contributed by atoms with Gasteiger partial charge in [-0.05, 0) is 42.7 Å². The van der Waals surface area contributed by atoms with E-state index >= 15 is 0 Å². The Morgan fingerprint density at radius 1 is 1.09 bits per heavy atom. The number of fused-ring (bicyclic) bond motifs is 2. The lowest BCUT2D eigenvalue weighted by molar-refractivity contribution is -0.148. The van der Waals surface area contributed by atoms with Crippen LogP contribution in [0.1, 0.15) is 24.0 Å². The average molecular weight is 488 g/mol. The molecule has 2 aromatic carbocycles. The van der Waals surface area contributed by atoms with Gasteiger partial charge in [-0.1, -0.05) is 18.2 Å². The van der Waals surface area contributed by atoms with Crippen LogP contribution in [-0.4, -0.2) is 59.0 Å². The summed E-state index contributed by atoms with van der Waals surface area (Å²) in [6.07, 6.45) is 1.02. The van der Waals surface area contributed by atoms with Crippen LogP contribution >= 0.6 is 0 Å². The Kier molecular flexibility index (Phi) is 7.31. The molecule has 0 bridgehead atoms. The molecule has 2 heterocycles. The Bertz CT molecular complexity index is 1210. The van der Waals surface area contributed by atoms with Crippen molar-refractivity contribution in [2.24, 2.45) is 4.99 Å². The molecule has 2 aliphatic heterocycles. The second kappa shape index (κ2) is 10.6. The summed E-state index contributed by atoms with van der Waals surface area (Å²) in [5, 5.41) is 2.71. The summed E-state index contributed by atoms with van der Waals surface area (Å²) in [6, 6.07) is 12.2. The molecule has 0 spiro atoms. The molecule has 10 nitrogen and oxygen atoms in total. The molecule has 11 heteroatoms. The van der Waals surface area contributed by atoms with Crippen molar-refractivity contribution in [1.29, 1.82) is 0 Å². The molecule has 0 radical (unpaired) electrons. The first-order valence-corrected chi connectivity index (χ1v) is 12.4. The first-order valence-electron chi connectivity index (χ1n) is 10.9. The lowest BCUT2D eigenvalue weighted by Gasteiger charge is -2.18. The van der Waals surface area contributed by atoms with Crippen molar-refractivity contribution in [2.75, 3.05) is 32.9 Å². The number of sulfonamides is 1. The highest BCUT2D eigenvalue weighted by Gasteiger charge is 2.29. The number of benzene rings is 2. The Morgan fingerprint density at radius 3 is 2.74 bits per heavy atom. The predicted molar refractivity (Wildman–Crippen MR) is 123 cm³/mol. The quantitative estimate of drug-likeness (QED) is 0.401. The molecule has 1 amide bonds. The van der Waals surface area contributed by atoms with E-state index in [1.807, 2.05) is 18.2 Å². The molecule has 0 saturated carbocycles. The van der Waals surface area contributed by atoms with Crippen LogP contribution in [0.2, 0.25) is 0 Å². The van der Waals surface area contributed by atoms with Gasteiger partial charge in [-0.25, -0.2) is 8.42 Å². The maximum atomic E-state index is 12.1. The number of rotatable bonds is 9. The van der Waals surface area contributed by atoms with Crippen LogP contribution in [0.3, 0.4) is 0 Å². The Labute approximate surface area is 197 Å². The fourth-order valence-electron chi connectivity index (χ4n) is 3.52. The smallest absolute Gasteiger partial charge is 0.306 e. The SMILES string of the molecule is O=C(COC(=O)CCCN=C1NS(=O)(=O)c2ccccc21)NCCc1ccc2c(c1)OCCO2. The molecule has 2 aliphatic rings. The molecular formula is C23H25N3O7S. The van der Waals surface area contributed by atoms with Crippen molar-refractivity contribution in [3.63, 3.8) is 0 Å². The van der Waals surface area contributed by atoms with E-state index in [-0.39, 0.29) is 36.2 Å². The molecular weight excluding hydrogens is 462 g/mol. The van der Waals surface area contributed by atoms with Gasteiger partial charge in [0.1, 0.15) is 19.0 Å². The summed E-state index contributed by atoms with van der Waals surface area (Å²) in [6.45, 7) is 1.32.